The minimum atomic E-state index is -1.67. The molecule has 7 nitrogen and oxygen atoms in total. The van der Waals surface area contributed by atoms with Gasteiger partial charge in [0.05, 0.1) is 6.54 Å². The van der Waals surface area contributed by atoms with Crippen molar-refractivity contribution >= 4 is 21.6 Å². The second-order valence-electron chi connectivity index (χ2n) is 10.6. The summed E-state index contributed by atoms with van der Waals surface area (Å²) < 4.78 is 44.8. The summed E-state index contributed by atoms with van der Waals surface area (Å²) in [5.74, 6) is -1.71. The van der Waals surface area contributed by atoms with Crippen molar-refractivity contribution in [1.29, 1.82) is 0 Å². The van der Waals surface area contributed by atoms with Crippen LogP contribution in [0, 0.1) is 17.5 Å². The maximum atomic E-state index is 14.8. The number of nitrogens with zero attached hydrogens (tertiary/aromatic N) is 6. The molecule has 1 aromatic heterocycles. The van der Waals surface area contributed by atoms with E-state index in [4.69, 9.17) is 0 Å². The first-order valence-corrected chi connectivity index (χ1v) is 14.2. The summed E-state index contributed by atoms with van der Waals surface area (Å²) in [4.78, 5) is 10.4. The second kappa shape index (κ2) is 12.7. The molecule has 1 unspecified atom stereocenters. The van der Waals surface area contributed by atoms with Crippen LogP contribution in [0.3, 0.4) is 0 Å². The quantitative estimate of drug-likeness (QED) is 0.272. The van der Waals surface area contributed by atoms with Crippen LogP contribution in [0.5, 0.6) is 0 Å². The number of likely N-dealkylation sites (N-methyl/N-ethyl adjacent to an activating group) is 1. The van der Waals surface area contributed by atoms with Gasteiger partial charge in [-0.15, -0.1) is 0 Å². The highest BCUT2D eigenvalue weighted by molar-refractivity contribution is 9.10. The van der Waals surface area contributed by atoms with Crippen LogP contribution in [0.4, 0.5) is 18.9 Å². The summed E-state index contributed by atoms with van der Waals surface area (Å²) >= 11 is 3.46. The molecule has 5 rings (SSSR count). The molecule has 0 saturated carbocycles. The minimum absolute atomic E-state index is 0.00176. The summed E-state index contributed by atoms with van der Waals surface area (Å²) in [5, 5.41) is 15.7. The van der Waals surface area contributed by atoms with Gasteiger partial charge >= 0.3 is 0 Å². The lowest BCUT2D eigenvalue weighted by Gasteiger charge is -2.36. The molecule has 0 radical (unpaired) electrons. The lowest BCUT2D eigenvalue weighted by atomic mass is 9.92. The maximum Gasteiger partial charge on any atom is 0.137 e. The number of hydrogen-bond acceptors (Lipinski definition) is 6. The van der Waals surface area contributed by atoms with E-state index in [-0.39, 0.29) is 24.5 Å². The SMILES string of the molecule is CN(Cc1ccc(N2CCN(Cc3c(F)cccc3Br)CC2)cc1)CC(O)(Cn1cncn1)c1ccc(F)cc1F. The first-order chi connectivity index (χ1) is 19.7. The lowest BCUT2D eigenvalue weighted by molar-refractivity contribution is -0.0175. The molecule has 1 fully saturated rings. The van der Waals surface area contributed by atoms with E-state index >= 15 is 0 Å². The van der Waals surface area contributed by atoms with Crippen LogP contribution in [0.1, 0.15) is 16.7 Å². The molecule has 0 amide bonds. The van der Waals surface area contributed by atoms with Gasteiger partial charge in [0, 0.05) is 73.2 Å². The van der Waals surface area contributed by atoms with Crippen LogP contribution in [-0.4, -0.2) is 69.4 Å². The fraction of sp³-hybridized carbons (Fsp3) is 0.333. The van der Waals surface area contributed by atoms with E-state index in [0.29, 0.717) is 18.7 Å². The van der Waals surface area contributed by atoms with Gasteiger partial charge in [-0.1, -0.05) is 40.2 Å². The highest BCUT2D eigenvalue weighted by Gasteiger charge is 2.35. The van der Waals surface area contributed by atoms with Crippen molar-refractivity contribution in [3.05, 3.63) is 112 Å². The van der Waals surface area contributed by atoms with Crippen molar-refractivity contribution in [2.45, 2.75) is 25.2 Å². The van der Waals surface area contributed by atoms with Crippen molar-refractivity contribution in [1.82, 2.24) is 24.6 Å². The predicted molar refractivity (Wildman–Crippen MR) is 155 cm³/mol. The number of halogens is 4. The van der Waals surface area contributed by atoms with Crippen LogP contribution in [0.2, 0.25) is 0 Å². The van der Waals surface area contributed by atoms with Gasteiger partial charge in [-0.3, -0.25) is 9.80 Å². The Balaban J connectivity index is 1.20. The Labute approximate surface area is 246 Å². The van der Waals surface area contributed by atoms with Crippen molar-refractivity contribution in [2.24, 2.45) is 0 Å². The minimum Gasteiger partial charge on any atom is -0.382 e. The number of benzene rings is 3. The zero-order valence-electron chi connectivity index (χ0n) is 22.7. The highest BCUT2D eigenvalue weighted by Crippen LogP contribution is 2.29. The smallest absolute Gasteiger partial charge is 0.137 e. The first kappa shape index (κ1) is 29.2. The summed E-state index contributed by atoms with van der Waals surface area (Å²) in [7, 11) is 1.84. The molecular weight excluding hydrogens is 597 g/mol. The van der Waals surface area contributed by atoms with E-state index < -0.39 is 17.2 Å². The zero-order chi connectivity index (χ0) is 29.0. The Kier molecular flexibility index (Phi) is 9.08. The molecule has 1 aliphatic rings. The maximum absolute atomic E-state index is 14.8. The van der Waals surface area contributed by atoms with Crippen LogP contribution in [0.25, 0.3) is 0 Å². The van der Waals surface area contributed by atoms with Crippen LogP contribution < -0.4 is 4.90 Å². The molecule has 1 N–H and O–H groups in total. The number of piperazine rings is 1. The van der Waals surface area contributed by atoms with E-state index in [1.54, 1.807) is 6.07 Å². The average Bonchev–Trinajstić information content (AvgIpc) is 3.44. The van der Waals surface area contributed by atoms with Gasteiger partial charge in [-0.25, -0.2) is 22.8 Å². The predicted octanol–water partition coefficient (Wildman–Crippen LogP) is 4.80. The molecule has 1 atom stereocenters. The highest BCUT2D eigenvalue weighted by atomic mass is 79.9. The number of hydrogen-bond donors (Lipinski definition) is 1. The van der Waals surface area contributed by atoms with Crippen molar-refractivity contribution in [3.8, 4) is 0 Å². The number of aromatic nitrogens is 3. The van der Waals surface area contributed by atoms with Gasteiger partial charge in [-0.2, -0.15) is 5.10 Å². The van der Waals surface area contributed by atoms with E-state index in [9.17, 15) is 18.3 Å². The van der Waals surface area contributed by atoms with E-state index in [2.05, 4.69) is 47.9 Å². The second-order valence-corrected chi connectivity index (χ2v) is 11.4. The molecule has 2 heterocycles. The molecule has 0 spiro atoms. The van der Waals surface area contributed by atoms with E-state index in [1.165, 1.54) is 29.5 Å². The van der Waals surface area contributed by atoms with Crippen LogP contribution in [0.15, 0.2) is 77.8 Å². The van der Waals surface area contributed by atoms with Gasteiger partial charge in [0.25, 0.3) is 0 Å². The number of anilines is 1. The third-order valence-electron chi connectivity index (χ3n) is 7.42. The van der Waals surface area contributed by atoms with Crippen molar-refractivity contribution in [3.63, 3.8) is 0 Å². The molecule has 11 heteroatoms. The number of rotatable bonds is 10. The Morgan fingerprint density at radius 2 is 1.73 bits per heavy atom. The molecular formula is C30H32BrF3N6O. The Hall–Kier alpha value is -3.25. The fourth-order valence-electron chi connectivity index (χ4n) is 5.37. The Morgan fingerprint density at radius 3 is 2.39 bits per heavy atom. The molecule has 0 bridgehead atoms. The third kappa shape index (κ3) is 7.16. The standard InChI is InChI=1S/C30H32BrF3N6O/c1-37(18-30(41,19-40-21-35-20-36-40)26-10-7-23(32)15-29(26)34)16-22-5-8-24(9-6-22)39-13-11-38(12-14-39)17-25-27(31)3-2-4-28(25)33/h2-10,15,20-21,41H,11-14,16-19H2,1H3. The molecule has 3 aromatic carbocycles. The molecule has 216 valence electrons. The molecule has 1 saturated heterocycles. The van der Waals surface area contributed by atoms with Gasteiger partial charge in [0.1, 0.15) is 35.7 Å². The van der Waals surface area contributed by atoms with Crippen molar-refractivity contribution in [2.75, 3.05) is 44.7 Å². The van der Waals surface area contributed by atoms with E-state index in [0.717, 1.165) is 54.0 Å². The molecule has 0 aliphatic carbocycles. The summed E-state index contributed by atoms with van der Waals surface area (Å²) in [5.41, 5.74) is 1.15. The summed E-state index contributed by atoms with van der Waals surface area (Å²) in [6, 6.07) is 16.5. The average molecular weight is 630 g/mol. The molecule has 4 aromatic rings. The molecule has 1 aliphatic heterocycles. The first-order valence-electron chi connectivity index (χ1n) is 13.4. The lowest BCUT2D eigenvalue weighted by Crippen LogP contribution is -2.46. The summed E-state index contributed by atoms with van der Waals surface area (Å²) in [6.07, 6.45) is 2.79. The topological polar surface area (TPSA) is 60.7 Å². The monoisotopic (exact) mass is 628 g/mol. The zero-order valence-corrected chi connectivity index (χ0v) is 24.3. The fourth-order valence-corrected chi connectivity index (χ4v) is 5.83. The van der Waals surface area contributed by atoms with Gasteiger partial charge in [-0.05, 0) is 42.9 Å². The van der Waals surface area contributed by atoms with Crippen LogP contribution in [-0.2, 0) is 25.2 Å². The number of aliphatic hydroxyl groups is 1. The van der Waals surface area contributed by atoms with Crippen molar-refractivity contribution < 1.29 is 18.3 Å². The third-order valence-corrected chi connectivity index (χ3v) is 8.17. The van der Waals surface area contributed by atoms with Gasteiger partial charge in [0.15, 0.2) is 0 Å². The van der Waals surface area contributed by atoms with Gasteiger partial charge in [0.2, 0.25) is 0 Å². The Bertz CT molecular complexity index is 1430. The molecule has 41 heavy (non-hydrogen) atoms. The largest absolute Gasteiger partial charge is 0.382 e. The van der Waals surface area contributed by atoms with Gasteiger partial charge < -0.3 is 10.0 Å². The normalized spacial score (nSPS) is 15.8. The summed E-state index contributed by atoms with van der Waals surface area (Å²) in [6.45, 7) is 4.44. The Morgan fingerprint density at radius 1 is 0.976 bits per heavy atom. The van der Waals surface area contributed by atoms with Crippen LogP contribution >= 0.6 is 15.9 Å². The van der Waals surface area contributed by atoms with E-state index in [1.807, 2.05) is 30.1 Å².